The van der Waals surface area contributed by atoms with Gasteiger partial charge in [-0.05, 0) is 67.1 Å². The van der Waals surface area contributed by atoms with E-state index in [2.05, 4.69) is 20.4 Å². The number of ether oxygens (including phenoxy) is 1. The standard InChI is InChI=1S/C29H28Cl2FN5O4/c1-41-29(40)33-18-8-9-19-22(15-18)34-24(38)6-4-2-3-5-23(28-35-26(19)27(31)36-28)37-12-11-16(13-25(37)39)20-14-17(30)7-10-21(20)32/h2-3,7-10,14-16,23H,4-6,11-13H2,1H3,(H,33,40)(H,34,38)(H,35,36)/b3-2+. The van der Waals surface area contributed by atoms with Crippen molar-refractivity contribution in [2.75, 3.05) is 24.3 Å². The smallest absolute Gasteiger partial charge is 0.411 e. The fraction of sp³-hybridized carbons (Fsp3) is 0.310. The molecule has 214 valence electrons. The van der Waals surface area contributed by atoms with Crippen molar-refractivity contribution in [1.82, 2.24) is 14.9 Å². The number of aromatic amines is 1. The molecule has 1 saturated heterocycles. The highest BCUT2D eigenvalue weighted by atomic mass is 35.5. The number of rotatable bonds is 3. The summed E-state index contributed by atoms with van der Waals surface area (Å²) in [5.74, 6) is -0.522. The van der Waals surface area contributed by atoms with Crippen molar-refractivity contribution in [3.05, 3.63) is 75.9 Å². The maximum Gasteiger partial charge on any atom is 0.411 e. The number of halogens is 3. The maximum atomic E-state index is 14.5. The van der Waals surface area contributed by atoms with Crippen LogP contribution in [0.1, 0.15) is 55.5 Å². The summed E-state index contributed by atoms with van der Waals surface area (Å²) in [5, 5.41) is 6.13. The zero-order valence-electron chi connectivity index (χ0n) is 22.2. The van der Waals surface area contributed by atoms with Gasteiger partial charge in [-0.3, -0.25) is 14.9 Å². The first kappa shape index (κ1) is 28.6. The van der Waals surface area contributed by atoms with E-state index in [1.54, 1.807) is 29.2 Å². The van der Waals surface area contributed by atoms with Crippen molar-refractivity contribution >= 4 is 52.5 Å². The van der Waals surface area contributed by atoms with Gasteiger partial charge in [0.15, 0.2) is 0 Å². The van der Waals surface area contributed by atoms with Crippen LogP contribution in [0.2, 0.25) is 10.2 Å². The average molecular weight is 600 g/mol. The molecule has 0 saturated carbocycles. The van der Waals surface area contributed by atoms with Gasteiger partial charge in [-0.25, -0.2) is 14.2 Å². The average Bonchev–Trinajstić information content (AvgIpc) is 3.33. The molecule has 2 bridgehead atoms. The molecular formula is C29H28Cl2FN5O4. The molecule has 1 fully saturated rings. The van der Waals surface area contributed by atoms with Crippen LogP contribution in [0.5, 0.6) is 0 Å². The van der Waals surface area contributed by atoms with Crippen LogP contribution >= 0.6 is 23.2 Å². The first-order valence-corrected chi connectivity index (χ1v) is 13.9. The molecule has 0 spiro atoms. The molecule has 5 rings (SSSR count). The number of fused-ring (bicyclic) bond motifs is 4. The number of nitrogens with zero attached hydrogens (tertiary/aromatic N) is 2. The number of likely N-dealkylation sites (tertiary alicyclic amines) is 1. The number of anilines is 2. The zero-order chi connectivity index (χ0) is 29.1. The van der Waals surface area contributed by atoms with Gasteiger partial charge in [-0.2, -0.15) is 0 Å². The van der Waals surface area contributed by atoms with Crippen molar-refractivity contribution in [3.63, 3.8) is 0 Å². The number of allylic oxidation sites excluding steroid dienone is 1. The zero-order valence-corrected chi connectivity index (χ0v) is 23.7. The van der Waals surface area contributed by atoms with E-state index in [4.69, 9.17) is 28.2 Å². The Balaban J connectivity index is 1.47. The first-order valence-electron chi connectivity index (χ1n) is 13.2. The lowest BCUT2D eigenvalue weighted by atomic mass is 9.87. The number of methoxy groups -OCH3 is 1. The fourth-order valence-electron chi connectivity index (χ4n) is 5.24. The van der Waals surface area contributed by atoms with E-state index >= 15 is 0 Å². The molecule has 2 unspecified atom stereocenters. The predicted molar refractivity (Wildman–Crippen MR) is 155 cm³/mol. The fourth-order valence-corrected chi connectivity index (χ4v) is 5.66. The third kappa shape index (κ3) is 6.39. The van der Waals surface area contributed by atoms with E-state index in [1.807, 2.05) is 12.2 Å². The number of benzene rings is 2. The van der Waals surface area contributed by atoms with Gasteiger partial charge in [0.25, 0.3) is 0 Å². The van der Waals surface area contributed by atoms with E-state index in [9.17, 15) is 18.8 Å². The molecule has 2 aliphatic heterocycles. The van der Waals surface area contributed by atoms with Crippen molar-refractivity contribution in [2.45, 2.75) is 44.1 Å². The van der Waals surface area contributed by atoms with E-state index in [0.717, 1.165) is 0 Å². The summed E-state index contributed by atoms with van der Waals surface area (Å²) in [5.41, 5.74) is 2.18. The second-order valence-electron chi connectivity index (χ2n) is 9.91. The Morgan fingerprint density at radius 1 is 1.17 bits per heavy atom. The lowest BCUT2D eigenvalue weighted by Crippen LogP contribution is -2.41. The van der Waals surface area contributed by atoms with Gasteiger partial charge < -0.3 is 19.9 Å². The van der Waals surface area contributed by atoms with Gasteiger partial charge in [0.1, 0.15) is 22.5 Å². The first-order chi connectivity index (χ1) is 19.7. The minimum Gasteiger partial charge on any atom is -0.453 e. The van der Waals surface area contributed by atoms with Crippen molar-refractivity contribution in [2.24, 2.45) is 0 Å². The number of carbonyl (C=O) groups excluding carboxylic acids is 3. The van der Waals surface area contributed by atoms with Crippen molar-refractivity contribution in [1.29, 1.82) is 0 Å². The Bertz CT molecular complexity index is 1520. The number of amides is 3. The molecular weight excluding hydrogens is 572 g/mol. The molecule has 9 nitrogen and oxygen atoms in total. The summed E-state index contributed by atoms with van der Waals surface area (Å²) in [6.07, 6.45) is 5.02. The highest BCUT2D eigenvalue weighted by molar-refractivity contribution is 6.32. The van der Waals surface area contributed by atoms with E-state index in [0.29, 0.717) is 64.8 Å². The summed E-state index contributed by atoms with van der Waals surface area (Å²) in [6.45, 7) is 0.390. The Hall–Kier alpha value is -3.89. The van der Waals surface area contributed by atoms with Crippen LogP contribution in [0.3, 0.4) is 0 Å². The summed E-state index contributed by atoms with van der Waals surface area (Å²) in [7, 11) is 1.26. The highest BCUT2D eigenvalue weighted by Crippen LogP contribution is 2.39. The monoisotopic (exact) mass is 599 g/mol. The highest BCUT2D eigenvalue weighted by Gasteiger charge is 2.35. The largest absolute Gasteiger partial charge is 0.453 e. The predicted octanol–water partition coefficient (Wildman–Crippen LogP) is 6.83. The molecule has 2 aliphatic rings. The normalized spacial score (nSPS) is 20.1. The topological polar surface area (TPSA) is 116 Å². The lowest BCUT2D eigenvalue weighted by molar-refractivity contribution is -0.136. The van der Waals surface area contributed by atoms with Crippen LogP contribution in [-0.2, 0) is 14.3 Å². The van der Waals surface area contributed by atoms with Crippen LogP contribution in [0.4, 0.5) is 20.6 Å². The van der Waals surface area contributed by atoms with Crippen LogP contribution in [0, 0.1) is 5.82 Å². The van der Waals surface area contributed by atoms with Gasteiger partial charge in [0, 0.05) is 35.7 Å². The second kappa shape index (κ2) is 12.3. The number of hydrogen-bond acceptors (Lipinski definition) is 5. The van der Waals surface area contributed by atoms with Crippen molar-refractivity contribution < 1.29 is 23.5 Å². The quantitative estimate of drug-likeness (QED) is 0.285. The molecule has 3 amide bonds. The number of hydrogen-bond donors (Lipinski definition) is 3. The maximum absolute atomic E-state index is 14.5. The summed E-state index contributed by atoms with van der Waals surface area (Å²) < 4.78 is 19.2. The number of nitrogens with one attached hydrogen (secondary N) is 3. The molecule has 1 aromatic heterocycles. The van der Waals surface area contributed by atoms with Gasteiger partial charge in [0.05, 0.1) is 18.8 Å². The number of H-pyrrole nitrogens is 1. The second-order valence-corrected chi connectivity index (χ2v) is 10.7. The summed E-state index contributed by atoms with van der Waals surface area (Å²) in [4.78, 5) is 47.6. The van der Waals surface area contributed by atoms with E-state index in [-0.39, 0.29) is 41.5 Å². The van der Waals surface area contributed by atoms with Gasteiger partial charge in [-0.15, -0.1) is 0 Å². The minimum atomic E-state index is -0.652. The molecule has 3 heterocycles. The molecule has 3 aromatic rings. The van der Waals surface area contributed by atoms with Crippen LogP contribution in [0.25, 0.3) is 11.3 Å². The SMILES string of the molecule is COC(=O)Nc1ccc2c(c1)NC(=O)CC/C=C/CC(N1CCC(c3cc(Cl)ccc3F)CC1=O)c1nc-2c(Cl)[nH]1. The number of aromatic nitrogens is 2. The third-order valence-electron chi connectivity index (χ3n) is 7.27. The third-order valence-corrected chi connectivity index (χ3v) is 7.78. The number of carbonyl (C=O) groups is 3. The molecule has 41 heavy (non-hydrogen) atoms. The summed E-state index contributed by atoms with van der Waals surface area (Å²) in [6, 6.07) is 8.89. The number of piperidine rings is 1. The van der Waals surface area contributed by atoms with E-state index in [1.165, 1.54) is 19.2 Å². The Morgan fingerprint density at radius 2 is 2.00 bits per heavy atom. The molecule has 2 atom stereocenters. The summed E-state index contributed by atoms with van der Waals surface area (Å²) >= 11 is 12.7. The molecule has 12 heteroatoms. The minimum absolute atomic E-state index is 0.131. The van der Waals surface area contributed by atoms with Crippen LogP contribution in [0.15, 0.2) is 48.6 Å². The van der Waals surface area contributed by atoms with E-state index < -0.39 is 12.1 Å². The van der Waals surface area contributed by atoms with Gasteiger partial charge in [-0.1, -0.05) is 35.4 Å². The van der Waals surface area contributed by atoms with Crippen LogP contribution in [-0.4, -0.2) is 46.4 Å². The van der Waals surface area contributed by atoms with Gasteiger partial charge >= 0.3 is 6.09 Å². The molecule has 3 N–H and O–H groups in total. The molecule has 2 aromatic carbocycles. The Kier molecular flexibility index (Phi) is 8.60. The molecule has 0 aliphatic carbocycles. The molecule has 0 radical (unpaired) electrons. The van der Waals surface area contributed by atoms with Crippen molar-refractivity contribution in [3.8, 4) is 11.3 Å². The van der Waals surface area contributed by atoms with Gasteiger partial charge in [0.2, 0.25) is 11.8 Å². The van der Waals surface area contributed by atoms with Crippen LogP contribution < -0.4 is 10.6 Å². The lowest BCUT2D eigenvalue weighted by Gasteiger charge is -2.36. The Morgan fingerprint density at radius 3 is 2.78 bits per heavy atom. The number of imidazole rings is 1. The Labute approximate surface area is 246 Å².